The summed E-state index contributed by atoms with van der Waals surface area (Å²) in [5, 5.41) is 0. The monoisotopic (exact) mass is 212 g/mol. The summed E-state index contributed by atoms with van der Waals surface area (Å²) in [6.45, 7) is 0.518. The van der Waals surface area contributed by atoms with Gasteiger partial charge in [0.15, 0.2) is 0 Å². The summed E-state index contributed by atoms with van der Waals surface area (Å²) in [4.78, 5) is 0. The van der Waals surface area contributed by atoms with Crippen molar-refractivity contribution in [2.45, 2.75) is 6.54 Å². The molecule has 0 saturated heterocycles. The SMILES string of the molecule is COc1cccc(-c2cc[c]cc2CN)c1. The molecule has 2 heteroatoms. The van der Waals surface area contributed by atoms with Gasteiger partial charge in [0.2, 0.25) is 0 Å². The van der Waals surface area contributed by atoms with Gasteiger partial charge in [-0.05, 0) is 41.0 Å². The summed E-state index contributed by atoms with van der Waals surface area (Å²) >= 11 is 0. The topological polar surface area (TPSA) is 35.2 Å². The maximum Gasteiger partial charge on any atom is 0.119 e. The second-order valence-corrected chi connectivity index (χ2v) is 3.52. The van der Waals surface area contributed by atoms with E-state index in [0.29, 0.717) is 6.54 Å². The predicted molar refractivity (Wildman–Crippen MR) is 65.2 cm³/mol. The Morgan fingerprint density at radius 1 is 1.31 bits per heavy atom. The Labute approximate surface area is 95.7 Å². The van der Waals surface area contributed by atoms with Gasteiger partial charge in [0.1, 0.15) is 5.75 Å². The molecule has 2 aromatic rings. The lowest BCUT2D eigenvalue weighted by atomic mass is 10.00. The van der Waals surface area contributed by atoms with E-state index in [1.165, 1.54) is 0 Å². The van der Waals surface area contributed by atoms with Crippen LogP contribution < -0.4 is 10.5 Å². The molecule has 0 spiro atoms. The van der Waals surface area contributed by atoms with Crippen molar-refractivity contribution in [3.05, 3.63) is 54.1 Å². The minimum absolute atomic E-state index is 0.518. The molecule has 0 fully saturated rings. The van der Waals surface area contributed by atoms with Crippen LogP contribution in [0.25, 0.3) is 11.1 Å². The quantitative estimate of drug-likeness (QED) is 0.848. The average Bonchev–Trinajstić information content (AvgIpc) is 2.38. The summed E-state index contributed by atoms with van der Waals surface area (Å²) in [5.74, 6) is 0.855. The van der Waals surface area contributed by atoms with Gasteiger partial charge >= 0.3 is 0 Å². The van der Waals surface area contributed by atoms with Gasteiger partial charge in [0, 0.05) is 6.54 Å². The van der Waals surface area contributed by atoms with Crippen molar-refractivity contribution in [3.63, 3.8) is 0 Å². The molecule has 0 aliphatic rings. The summed E-state index contributed by atoms with van der Waals surface area (Å²) in [6.07, 6.45) is 0. The van der Waals surface area contributed by atoms with Gasteiger partial charge < -0.3 is 10.5 Å². The Bertz CT molecular complexity index is 480. The maximum absolute atomic E-state index is 5.71. The number of rotatable bonds is 3. The first-order chi connectivity index (χ1) is 7.85. The Morgan fingerprint density at radius 2 is 2.19 bits per heavy atom. The van der Waals surface area contributed by atoms with Crippen molar-refractivity contribution < 1.29 is 4.74 Å². The van der Waals surface area contributed by atoms with Crippen molar-refractivity contribution in [2.75, 3.05) is 7.11 Å². The molecular weight excluding hydrogens is 198 g/mol. The lowest BCUT2D eigenvalue weighted by molar-refractivity contribution is 0.415. The fourth-order valence-electron chi connectivity index (χ4n) is 1.71. The van der Waals surface area contributed by atoms with Crippen molar-refractivity contribution in [1.29, 1.82) is 0 Å². The number of benzene rings is 2. The number of methoxy groups -OCH3 is 1. The van der Waals surface area contributed by atoms with Gasteiger partial charge in [0.25, 0.3) is 0 Å². The third kappa shape index (κ3) is 2.07. The largest absolute Gasteiger partial charge is 0.497 e. The summed E-state index contributed by atoms with van der Waals surface area (Å²) in [7, 11) is 1.67. The minimum atomic E-state index is 0.518. The Morgan fingerprint density at radius 3 is 2.94 bits per heavy atom. The van der Waals surface area contributed by atoms with E-state index in [1.54, 1.807) is 7.11 Å². The van der Waals surface area contributed by atoms with E-state index in [2.05, 4.69) is 12.1 Å². The average molecular weight is 212 g/mol. The van der Waals surface area contributed by atoms with Gasteiger partial charge in [-0.25, -0.2) is 0 Å². The van der Waals surface area contributed by atoms with E-state index >= 15 is 0 Å². The van der Waals surface area contributed by atoms with Gasteiger partial charge in [-0.15, -0.1) is 0 Å². The number of ether oxygens (including phenoxy) is 1. The molecule has 0 aromatic heterocycles. The molecule has 0 atom stereocenters. The van der Waals surface area contributed by atoms with Crippen LogP contribution in [0.4, 0.5) is 0 Å². The molecule has 2 N–H and O–H groups in total. The molecule has 0 aliphatic heterocycles. The molecule has 1 radical (unpaired) electrons. The van der Waals surface area contributed by atoms with Gasteiger partial charge in [0.05, 0.1) is 7.11 Å². The molecule has 16 heavy (non-hydrogen) atoms. The van der Waals surface area contributed by atoms with Crippen LogP contribution in [0.2, 0.25) is 0 Å². The summed E-state index contributed by atoms with van der Waals surface area (Å²) in [5.41, 5.74) is 9.06. The van der Waals surface area contributed by atoms with E-state index in [0.717, 1.165) is 22.4 Å². The summed E-state index contributed by atoms with van der Waals surface area (Å²) < 4.78 is 5.21. The fraction of sp³-hybridized carbons (Fsp3) is 0.143. The molecule has 0 amide bonds. The lowest BCUT2D eigenvalue weighted by Gasteiger charge is -2.08. The first-order valence-corrected chi connectivity index (χ1v) is 5.18. The van der Waals surface area contributed by atoms with Crippen LogP contribution in [0.15, 0.2) is 42.5 Å². The van der Waals surface area contributed by atoms with Crippen LogP contribution in [-0.2, 0) is 6.54 Å². The highest BCUT2D eigenvalue weighted by Gasteiger charge is 2.03. The molecule has 0 unspecified atom stereocenters. The molecule has 0 saturated carbocycles. The zero-order valence-corrected chi connectivity index (χ0v) is 9.23. The second kappa shape index (κ2) is 4.81. The number of hydrogen-bond donors (Lipinski definition) is 1. The fourth-order valence-corrected chi connectivity index (χ4v) is 1.71. The highest BCUT2D eigenvalue weighted by Crippen LogP contribution is 2.26. The van der Waals surface area contributed by atoms with Crippen molar-refractivity contribution >= 4 is 0 Å². The van der Waals surface area contributed by atoms with Crippen LogP contribution >= 0.6 is 0 Å². The van der Waals surface area contributed by atoms with Crippen LogP contribution in [0, 0.1) is 6.07 Å². The normalized spacial score (nSPS) is 10.1. The molecule has 0 heterocycles. The first-order valence-electron chi connectivity index (χ1n) is 5.18. The third-order valence-electron chi connectivity index (χ3n) is 2.55. The highest BCUT2D eigenvalue weighted by atomic mass is 16.5. The third-order valence-corrected chi connectivity index (χ3v) is 2.55. The maximum atomic E-state index is 5.71. The molecule has 0 aliphatic carbocycles. The zero-order chi connectivity index (χ0) is 11.4. The van der Waals surface area contributed by atoms with Gasteiger partial charge in [-0.1, -0.05) is 24.3 Å². The van der Waals surface area contributed by atoms with Crippen LogP contribution in [-0.4, -0.2) is 7.11 Å². The molecular formula is C14H14NO. The number of hydrogen-bond acceptors (Lipinski definition) is 2. The lowest BCUT2D eigenvalue weighted by Crippen LogP contribution is -1.98. The smallest absolute Gasteiger partial charge is 0.119 e. The predicted octanol–water partition coefficient (Wildman–Crippen LogP) is 2.62. The molecule has 2 rings (SSSR count). The number of nitrogens with two attached hydrogens (primary N) is 1. The summed E-state index contributed by atoms with van der Waals surface area (Å²) in [6, 6.07) is 16.9. The van der Waals surface area contributed by atoms with E-state index in [1.807, 2.05) is 36.4 Å². The van der Waals surface area contributed by atoms with Crippen molar-refractivity contribution in [2.24, 2.45) is 5.73 Å². The molecule has 0 bridgehead atoms. The zero-order valence-electron chi connectivity index (χ0n) is 9.23. The Hall–Kier alpha value is -1.80. The molecule has 2 nitrogen and oxygen atoms in total. The highest BCUT2D eigenvalue weighted by molar-refractivity contribution is 5.68. The van der Waals surface area contributed by atoms with E-state index < -0.39 is 0 Å². The van der Waals surface area contributed by atoms with Crippen molar-refractivity contribution in [1.82, 2.24) is 0 Å². The van der Waals surface area contributed by atoms with Crippen LogP contribution in [0.1, 0.15) is 5.56 Å². The standard InChI is InChI=1S/C14H14NO/c1-16-13-7-4-6-11(9-13)14-8-3-2-5-12(14)10-15/h3-9H,10,15H2,1H3. The second-order valence-electron chi connectivity index (χ2n) is 3.52. The Kier molecular flexibility index (Phi) is 3.22. The molecule has 2 aromatic carbocycles. The van der Waals surface area contributed by atoms with E-state index in [4.69, 9.17) is 10.5 Å². The minimum Gasteiger partial charge on any atom is -0.497 e. The first kappa shape index (κ1) is 10.7. The van der Waals surface area contributed by atoms with E-state index in [-0.39, 0.29) is 0 Å². The Balaban J connectivity index is 2.49. The van der Waals surface area contributed by atoms with Crippen molar-refractivity contribution in [3.8, 4) is 16.9 Å². The van der Waals surface area contributed by atoms with Crippen LogP contribution in [0.5, 0.6) is 5.75 Å². The van der Waals surface area contributed by atoms with Gasteiger partial charge in [-0.2, -0.15) is 0 Å². The molecule has 81 valence electrons. The van der Waals surface area contributed by atoms with E-state index in [9.17, 15) is 0 Å². The van der Waals surface area contributed by atoms with Crippen LogP contribution in [0.3, 0.4) is 0 Å². The van der Waals surface area contributed by atoms with Gasteiger partial charge in [-0.3, -0.25) is 0 Å².